The van der Waals surface area contributed by atoms with Crippen molar-refractivity contribution >= 4 is 43.4 Å². The van der Waals surface area contributed by atoms with Crippen molar-refractivity contribution in [3.63, 3.8) is 0 Å². The van der Waals surface area contributed by atoms with Gasteiger partial charge in [-0.2, -0.15) is 0 Å². The third-order valence-electron chi connectivity index (χ3n) is 3.21. The van der Waals surface area contributed by atoms with Crippen LogP contribution in [0.3, 0.4) is 0 Å². The molecule has 0 aliphatic heterocycles. The maximum atomic E-state index is 13.2. The second-order valence-electron chi connectivity index (χ2n) is 5.13. The number of fused-ring (bicyclic) bond motifs is 1. The Morgan fingerprint density at radius 1 is 1.25 bits per heavy atom. The number of thiazole rings is 1. The molecular weight excluding hydrogens is 354 g/mol. The van der Waals surface area contributed by atoms with Crippen LogP contribution in [0, 0.1) is 11.6 Å². The Balaban J connectivity index is 1.83. The summed E-state index contributed by atoms with van der Waals surface area (Å²) in [5.74, 6) is -1.96. The van der Waals surface area contributed by atoms with Crippen molar-refractivity contribution < 1.29 is 17.8 Å². The number of nitrogens with zero attached hydrogens (tertiary/aromatic N) is 1. The van der Waals surface area contributed by atoms with E-state index in [9.17, 15) is 17.8 Å². The number of carbonyl (C=O) groups excluding carboxylic acids is 1. The number of halogens is 2. The summed E-state index contributed by atoms with van der Waals surface area (Å²) in [6.07, 6.45) is 1.59. The van der Waals surface area contributed by atoms with E-state index in [1.807, 2.05) is 0 Å². The minimum atomic E-state index is -1.00. The van der Waals surface area contributed by atoms with Gasteiger partial charge in [-0.25, -0.2) is 13.8 Å². The first kappa shape index (κ1) is 16.7. The first-order valence-electron chi connectivity index (χ1n) is 6.88. The van der Waals surface area contributed by atoms with Crippen molar-refractivity contribution in [2.75, 3.05) is 11.6 Å². The predicted molar refractivity (Wildman–Crippen MR) is 91.7 cm³/mol. The minimum absolute atomic E-state index is 0.254. The molecule has 0 saturated carbocycles. The zero-order chi connectivity index (χ0) is 17.3. The fraction of sp³-hybridized carbons (Fsp3) is 0.125. The Labute approximate surface area is 143 Å². The molecule has 1 heterocycles. The first-order chi connectivity index (χ1) is 11.4. The topological polar surface area (TPSA) is 59.1 Å². The number of rotatable bonds is 4. The Bertz CT molecular complexity index is 917. The summed E-state index contributed by atoms with van der Waals surface area (Å²) in [5, 5.41) is 2.87. The summed E-state index contributed by atoms with van der Waals surface area (Å²) in [6.45, 7) is 0. The highest BCUT2D eigenvalue weighted by atomic mass is 32.2. The van der Waals surface area contributed by atoms with Crippen LogP contribution < -0.4 is 5.32 Å². The monoisotopic (exact) mass is 366 g/mol. The second kappa shape index (κ2) is 6.74. The zero-order valence-electron chi connectivity index (χ0n) is 12.5. The lowest BCUT2D eigenvalue weighted by Gasteiger charge is -2.04. The summed E-state index contributed by atoms with van der Waals surface area (Å²) in [7, 11) is -1.00. The Kier molecular flexibility index (Phi) is 4.68. The summed E-state index contributed by atoms with van der Waals surface area (Å²) < 4.78 is 38.2. The van der Waals surface area contributed by atoms with Gasteiger partial charge in [0.15, 0.2) is 16.8 Å². The fourth-order valence-corrected chi connectivity index (χ4v) is 3.70. The highest BCUT2D eigenvalue weighted by molar-refractivity contribution is 7.83. The average Bonchev–Trinajstić information content (AvgIpc) is 2.88. The largest absolute Gasteiger partial charge is 0.298 e. The molecule has 1 aromatic heterocycles. The van der Waals surface area contributed by atoms with Gasteiger partial charge < -0.3 is 0 Å². The molecule has 1 amide bonds. The van der Waals surface area contributed by atoms with Gasteiger partial charge in [0, 0.05) is 34.4 Å². The molecule has 0 fully saturated rings. The van der Waals surface area contributed by atoms with Gasteiger partial charge in [0.25, 0.3) is 5.91 Å². The number of anilines is 1. The van der Waals surface area contributed by atoms with E-state index < -0.39 is 28.3 Å². The fourth-order valence-electron chi connectivity index (χ4n) is 2.18. The molecule has 3 aromatic rings. The molecule has 0 unspecified atom stereocenters. The van der Waals surface area contributed by atoms with Crippen LogP contribution in [0.2, 0.25) is 0 Å². The van der Waals surface area contributed by atoms with Crippen LogP contribution in [0.1, 0.15) is 15.9 Å². The van der Waals surface area contributed by atoms with Crippen molar-refractivity contribution in [2.24, 2.45) is 0 Å². The number of nitrogens with one attached hydrogen (secondary N) is 1. The van der Waals surface area contributed by atoms with Crippen molar-refractivity contribution in [1.29, 1.82) is 0 Å². The van der Waals surface area contributed by atoms with Crippen molar-refractivity contribution in [2.45, 2.75) is 5.75 Å². The van der Waals surface area contributed by atoms with Crippen LogP contribution in [0.25, 0.3) is 10.2 Å². The van der Waals surface area contributed by atoms with Crippen LogP contribution in [0.15, 0.2) is 36.4 Å². The maximum Gasteiger partial charge on any atom is 0.257 e. The maximum absolute atomic E-state index is 13.2. The standard InChI is InChI=1S/C16H12F2N2O2S2/c1-24(22)8-9-3-2-4-10(5-9)15(21)20-16-19-13-6-11(17)12(18)7-14(13)23-16/h2-7H,8H2,1H3,(H,19,20,21)/t24-/m1/s1. The van der Waals surface area contributed by atoms with Gasteiger partial charge >= 0.3 is 0 Å². The number of amides is 1. The predicted octanol–water partition coefficient (Wildman–Crippen LogP) is 3.71. The molecule has 1 atom stereocenters. The van der Waals surface area contributed by atoms with Gasteiger partial charge in [0.1, 0.15) is 0 Å². The molecule has 0 bridgehead atoms. The molecule has 124 valence electrons. The molecular formula is C16H12F2N2O2S2. The summed E-state index contributed by atoms with van der Waals surface area (Å²) in [6, 6.07) is 8.83. The lowest BCUT2D eigenvalue weighted by atomic mass is 10.1. The minimum Gasteiger partial charge on any atom is -0.298 e. The van der Waals surface area contributed by atoms with Gasteiger partial charge in [-0.05, 0) is 23.8 Å². The summed E-state index contributed by atoms with van der Waals surface area (Å²) in [5.41, 5.74) is 1.47. The van der Waals surface area contributed by atoms with E-state index in [0.29, 0.717) is 16.0 Å². The molecule has 0 saturated heterocycles. The van der Waals surface area contributed by atoms with Crippen molar-refractivity contribution in [1.82, 2.24) is 4.98 Å². The Morgan fingerprint density at radius 3 is 2.75 bits per heavy atom. The first-order valence-corrected chi connectivity index (χ1v) is 9.42. The highest BCUT2D eigenvalue weighted by Gasteiger charge is 2.13. The van der Waals surface area contributed by atoms with Gasteiger partial charge in [0.05, 0.1) is 10.2 Å². The van der Waals surface area contributed by atoms with Gasteiger partial charge in [-0.1, -0.05) is 23.5 Å². The molecule has 2 aromatic carbocycles. The summed E-state index contributed by atoms with van der Waals surface area (Å²) >= 11 is 1.06. The number of benzene rings is 2. The SMILES string of the molecule is C[S@@](=O)Cc1cccc(C(=O)Nc2nc3cc(F)c(F)cc3s2)c1. The third-order valence-corrected chi connectivity index (χ3v) is 4.88. The normalized spacial score (nSPS) is 12.3. The van der Waals surface area contributed by atoms with E-state index in [1.165, 1.54) is 0 Å². The number of hydrogen-bond donors (Lipinski definition) is 1. The highest BCUT2D eigenvalue weighted by Crippen LogP contribution is 2.28. The van der Waals surface area contributed by atoms with Gasteiger partial charge in [0.2, 0.25) is 0 Å². The summed E-state index contributed by atoms with van der Waals surface area (Å²) in [4.78, 5) is 16.4. The third kappa shape index (κ3) is 3.65. The molecule has 0 aliphatic carbocycles. The van der Waals surface area contributed by atoms with E-state index in [2.05, 4.69) is 10.3 Å². The van der Waals surface area contributed by atoms with Gasteiger partial charge in [-0.15, -0.1) is 0 Å². The lowest BCUT2D eigenvalue weighted by molar-refractivity contribution is 0.102. The van der Waals surface area contributed by atoms with E-state index in [0.717, 1.165) is 29.0 Å². The van der Waals surface area contributed by atoms with E-state index in [1.54, 1.807) is 30.5 Å². The molecule has 1 N–H and O–H groups in total. The van der Waals surface area contributed by atoms with E-state index in [4.69, 9.17) is 0 Å². The Hall–Kier alpha value is -2.19. The molecule has 24 heavy (non-hydrogen) atoms. The molecule has 8 heteroatoms. The van der Waals surface area contributed by atoms with Crippen LogP contribution in [0.5, 0.6) is 0 Å². The molecule has 0 spiro atoms. The molecule has 0 radical (unpaired) electrons. The van der Waals surface area contributed by atoms with Crippen LogP contribution in [-0.4, -0.2) is 21.4 Å². The number of carbonyl (C=O) groups is 1. The molecule has 0 aliphatic rings. The van der Waals surface area contributed by atoms with Crippen LogP contribution in [0.4, 0.5) is 13.9 Å². The molecule has 3 rings (SSSR count). The smallest absolute Gasteiger partial charge is 0.257 e. The van der Waals surface area contributed by atoms with Crippen LogP contribution in [-0.2, 0) is 16.6 Å². The van der Waals surface area contributed by atoms with E-state index in [-0.39, 0.29) is 10.6 Å². The average molecular weight is 366 g/mol. The van der Waals surface area contributed by atoms with Crippen molar-refractivity contribution in [3.8, 4) is 0 Å². The number of aromatic nitrogens is 1. The number of hydrogen-bond acceptors (Lipinski definition) is 4. The second-order valence-corrected chi connectivity index (χ2v) is 7.59. The van der Waals surface area contributed by atoms with E-state index >= 15 is 0 Å². The van der Waals surface area contributed by atoms with Gasteiger partial charge in [-0.3, -0.25) is 14.3 Å². The quantitative estimate of drug-likeness (QED) is 0.766. The molecule has 4 nitrogen and oxygen atoms in total. The lowest BCUT2D eigenvalue weighted by Crippen LogP contribution is -2.12. The van der Waals surface area contributed by atoms with Crippen LogP contribution >= 0.6 is 11.3 Å². The van der Waals surface area contributed by atoms with Crippen molar-refractivity contribution in [3.05, 3.63) is 59.2 Å². The zero-order valence-corrected chi connectivity index (χ0v) is 14.1. The Morgan fingerprint density at radius 2 is 2.00 bits per heavy atom.